The minimum absolute atomic E-state index is 0. The first kappa shape index (κ1) is 10.1. The summed E-state index contributed by atoms with van der Waals surface area (Å²) in [5.41, 5.74) is 1.11. The largest absolute Gasteiger partial charge is 0.0961 e. The van der Waals surface area contributed by atoms with Crippen molar-refractivity contribution in [1.29, 1.82) is 0 Å². The molecule has 0 atom stereocenters. The third-order valence-electron chi connectivity index (χ3n) is 0.451. The molecule has 0 aliphatic carbocycles. The van der Waals surface area contributed by atoms with Crippen molar-refractivity contribution < 1.29 is 16.8 Å². The van der Waals surface area contributed by atoms with E-state index in [1.165, 1.54) is 0 Å². The zero-order chi connectivity index (χ0) is 4.99. The predicted octanol–water partition coefficient (Wildman–Crippen LogP) is 2.14. The van der Waals surface area contributed by atoms with E-state index in [2.05, 4.69) is 6.58 Å². The molecule has 0 saturated carbocycles. The first-order chi connectivity index (χ1) is 2.77. The number of hydrogen-bond acceptors (Lipinski definition) is 0. The van der Waals surface area contributed by atoms with Crippen LogP contribution in [0.5, 0.6) is 0 Å². The molecular weight excluding hydrogens is 131 g/mol. The second kappa shape index (κ2) is 5.99. The van der Waals surface area contributed by atoms with Crippen LogP contribution >= 0.6 is 0 Å². The van der Waals surface area contributed by atoms with Gasteiger partial charge in [-0.2, -0.15) is 0 Å². The van der Waals surface area contributed by atoms with Crippen LogP contribution in [0.3, 0.4) is 0 Å². The van der Waals surface area contributed by atoms with Crippen molar-refractivity contribution in [3.05, 3.63) is 24.3 Å². The maximum atomic E-state index is 3.66. The van der Waals surface area contributed by atoms with Crippen LogP contribution in [0.15, 0.2) is 24.3 Å². The van der Waals surface area contributed by atoms with Crippen molar-refractivity contribution in [3.8, 4) is 0 Å². The van der Waals surface area contributed by atoms with E-state index in [4.69, 9.17) is 0 Å². The SMILES string of the molecule is C=C(C)C=CC.[Co]. The molecule has 7 heavy (non-hydrogen) atoms. The minimum atomic E-state index is 0. The molecule has 43 valence electrons. The average Bonchev–Trinajstić information content (AvgIpc) is 1.35. The molecule has 1 radical (unpaired) electrons. The summed E-state index contributed by atoms with van der Waals surface area (Å²) in [6.45, 7) is 7.61. The molecule has 0 bridgehead atoms. The molecule has 0 nitrogen and oxygen atoms in total. The predicted molar refractivity (Wildman–Crippen MR) is 29.6 cm³/mol. The van der Waals surface area contributed by atoms with Gasteiger partial charge in [-0.05, 0) is 13.8 Å². The summed E-state index contributed by atoms with van der Waals surface area (Å²) in [6.07, 6.45) is 3.95. The molecule has 0 aromatic carbocycles. The molecule has 0 unspecified atom stereocenters. The van der Waals surface area contributed by atoms with Gasteiger partial charge in [-0.25, -0.2) is 0 Å². The summed E-state index contributed by atoms with van der Waals surface area (Å²) < 4.78 is 0. The maximum Gasteiger partial charge on any atom is 0 e. The molecule has 0 aliphatic heterocycles. The van der Waals surface area contributed by atoms with Crippen molar-refractivity contribution >= 4 is 0 Å². The summed E-state index contributed by atoms with van der Waals surface area (Å²) in [7, 11) is 0. The van der Waals surface area contributed by atoms with Gasteiger partial charge in [-0.3, -0.25) is 0 Å². The second-order valence-corrected chi connectivity index (χ2v) is 1.35. The van der Waals surface area contributed by atoms with E-state index in [1.807, 2.05) is 26.0 Å². The summed E-state index contributed by atoms with van der Waals surface area (Å²) in [5.74, 6) is 0. The van der Waals surface area contributed by atoms with Crippen molar-refractivity contribution in [2.24, 2.45) is 0 Å². The van der Waals surface area contributed by atoms with Gasteiger partial charge in [-0.1, -0.05) is 24.3 Å². The van der Waals surface area contributed by atoms with Gasteiger partial charge >= 0.3 is 0 Å². The fourth-order valence-electron chi connectivity index (χ4n) is 0.285. The van der Waals surface area contributed by atoms with Crippen LogP contribution in [-0.4, -0.2) is 0 Å². The number of rotatable bonds is 1. The average molecular weight is 141 g/mol. The topological polar surface area (TPSA) is 0 Å². The molecule has 0 spiro atoms. The molecule has 0 aromatic heterocycles. The van der Waals surface area contributed by atoms with Crippen LogP contribution in [-0.2, 0) is 16.8 Å². The van der Waals surface area contributed by atoms with Crippen LogP contribution in [0, 0.1) is 0 Å². The summed E-state index contributed by atoms with van der Waals surface area (Å²) in [5, 5.41) is 0. The van der Waals surface area contributed by atoms with Gasteiger partial charge in [0.1, 0.15) is 0 Å². The quantitative estimate of drug-likeness (QED) is 0.490. The van der Waals surface area contributed by atoms with Gasteiger partial charge < -0.3 is 0 Å². The summed E-state index contributed by atoms with van der Waals surface area (Å²) in [6, 6.07) is 0. The fraction of sp³-hybridized carbons (Fsp3) is 0.333. The van der Waals surface area contributed by atoms with E-state index in [-0.39, 0.29) is 16.8 Å². The molecule has 0 heterocycles. The van der Waals surface area contributed by atoms with Gasteiger partial charge in [0.2, 0.25) is 0 Å². The smallest absolute Gasteiger partial charge is 0 e. The molecule has 0 N–H and O–H groups in total. The molecular formula is C6H10Co. The third kappa shape index (κ3) is 10.7. The van der Waals surface area contributed by atoms with Gasteiger partial charge in [0.15, 0.2) is 0 Å². The minimum Gasteiger partial charge on any atom is -0.0961 e. The Balaban J connectivity index is 0. The van der Waals surface area contributed by atoms with Crippen LogP contribution in [0.25, 0.3) is 0 Å². The van der Waals surface area contributed by atoms with Crippen molar-refractivity contribution in [2.45, 2.75) is 13.8 Å². The van der Waals surface area contributed by atoms with E-state index in [0.717, 1.165) is 5.57 Å². The van der Waals surface area contributed by atoms with E-state index < -0.39 is 0 Å². The van der Waals surface area contributed by atoms with Crippen LogP contribution in [0.1, 0.15) is 13.8 Å². The van der Waals surface area contributed by atoms with Crippen LogP contribution in [0.4, 0.5) is 0 Å². The van der Waals surface area contributed by atoms with Gasteiger partial charge in [0.25, 0.3) is 0 Å². The van der Waals surface area contributed by atoms with E-state index >= 15 is 0 Å². The van der Waals surface area contributed by atoms with E-state index in [0.29, 0.717) is 0 Å². The fourth-order valence-corrected chi connectivity index (χ4v) is 0.285. The molecule has 0 aromatic rings. The first-order valence-electron chi connectivity index (χ1n) is 2.05. The van der Waals surface area contributed by atoms with E-state index in [1.54, 1.807) is 0 Å². The number of hydrogen-bond donors (Lipinski definition) is 0. The van der Waals surface area contributed by atoms with Gasteiger partial charge in [0.05, 0.1) is 0 Å². The Morgan fingerprint density at radius 2 is 2.00 bits per heavy atom. The molecule has 0 saturated heterocycles. The maximum absolute atomic E-state index is 3.66. The zero-order valence-electron chi connectivity index (χ0n) is 4.70. The summed E-state index contributed by atoms with van der Waals surface area (Å²) >= 11 is 0. The van der Waals surface area contributed by atoms with Crippen molar-refractivity contribution in [3.63, 3.8) is 0 Å². The Kier molecular flexibility index (Phi) is 8.61. The van der Waals surface area contributed by atoms with E-state index in [9.17, 15) is 0 Å². The first-order valence-corrected chi connectivity index (χ1v) is 2.05. The Bertz CT molecular complexity index is 72.2. The van der Waals surface area contributed by atoms with Crippen molar-refractivity contribution in [2.75, 3.05) is 0 Å². The monoisotopic (exact) mass is 141 g/mol. The molecule has 1 heteroatoms. The number of allylic oxidation sites excluding steroid dienone is 3. The summed E-state index contributed by atoms with van der Waals surface area (Å²) in [4.78, 5) is 0. The van der Waals surface area contributed by atoms with Crippen LogP contribution < -0.4 is 0 Å². The second-order valence-electron chi connectivity index (χ2n) is 1.35. The molecule has 0 rings (SSSR count). The molecule has 0 amide bonds. The standard InChI is InChI=1S/C6H10.Co/c1-4-5-6(2)3;/h4-5H,2H2,1,3H3;. The Hall–Kier alpha value is -0.0135. The molecule has 0 fully saturated rings. The van der Waals surface area contributed by atoms with Crippen LogP contribution in [0.2, 0.25) is 0 Å². The van der Waals surface area contributed by atoms with Gasteiger partial charge in [0, 0.05) is 16.8 Å². The molecule has 0 aliphatic rings. The van der Waals surface area contributed by atoms with Gasteiger partial charge in [-0.15, -0.1) is 0 Å². The Morgan fingerprint density at radius 3 is 2.00 bits per heavy atom. The van der Waals surface area contributed by atoms with Crippen molar-refractivity contribution in [1.82, 2.24) is 0 Å². The Labute approximate surface area is 55.5 Å². The normalized spacial score (nSPS) is 8.29. The third-order valence-corrected chi connectivity index (χ3v) is 0.451. The Morgan fingerprint density at radius 1 is 1.57 bits per heavy atom. The zero-order valence-corrected chi connectivity index (χ0v) is 5.74.